The number of anilines is 1. The lowest BCUT2D eigenvalue weighted by molar-refractivity contribution is 0.251. The topological polar surface area (TPSA) is 41.6 Å². The quantitative estimate of drug-likeness (QED) is 0.610. The zero-order valence-electron chi connectivity index (χ0n) is 16.2. The van der Waals surface area contributed by atoms with Crippen LogP contribution in [0.4, 0.5) is 10.1 Å². The molecule has 0 saturated carbocycles. The van der Waals surface area contributed by atoms with Gasteiger partial charge in [0.25, 0.3) is 0 Å². The van der Waals surface area contributed by atoms with Gasteiger partial charge in [-0.2, -0.15) is 0 Å². The molecule has 1 aliphatic heterocycles. The van der Waals surface area contributed by atoms with Gasteiger partial charge in [0, 0.05) is 38.4 Å². The molecule has 0 N–H and O–H groups in total. The van der Waals surface area contributed by atoms with Crippen molar-refractivity contribution in [1.29, 1.82) is 0 Å². The molecule has 6 heteroatoms. The molecule has 0 radical (unpaired) electrons. The van der Waals surface area contributed by atoms with Gasteiger partial charge >= 0.3 is 5.76 Å². The van der Waals surface area contributed by atoms with E-state index < -0.39 is 0 Å². The van der Waals surface area contributed by atoms with Gasteiger partial charge in [-0.05, 0) is 68.3 Å². The Morgan fingerprint density at radius 3 is 2.43 bits per heavy atom. The molecule has 2 aromatic carbocycles. The van der Waals surface area contributed by atoms with E-state index in [4.69, 9.17) is 4.42 Å². The van der Waals surface area contributed by atoms with Gasteiger partial charge in [-0.15, -0.1) is 0 Å². The van der Waals surface area contributed by atoms with E-state index in [-0.39, 0.29) is 11.6 Å². The molecule has 28 heavy (non-hydrogen) atoms. The van der Waals surface area contributed by atoms with Gasteiger partial charge in [-0.3, -0.25) is 9.47 Å². The first-order chi connectivity index (χ1) is 13.6. The molecule has 5 nitrogen and oxygen atoms in total. The fraction of sp³-hybridized carbons (Fsp3) is 0.409. The molecule has 0 unspecified atom stereocenters. The number of aromatic nitrogens is 1. The Balaban J connectivity index is 1.24. The third-order valence-corrected chi connectivity index (χ3v) is 5.49. The number of hydrogen-bond donors (Lipinski definition) is 0. The van der Waals surface area contributed by atoms with Crippen LogP contribution in [0.1, 0.15) is 18.4 Å². The summed E-state index contributed by atoms with van der Waals surface area (Å²) in [4.78, 5) is 16.9. The van der Waals surface area contributed by atoms with Crippen molar-refractivity contribution in [3.05, 3.63) is 64.4 Å². The molecular weight excluding hydrogens is 357 g/mol. The Hall–Kier alpha value is -2.60. The van der Waals surface area contributed by atoms with Gasteiger partial charge in [-0.25, -0.2) is 9.18 Å². The van der Waals surface area contributed by atoms with Crippen LogP contribution in [0.5, 0.6) is 0 Å². The Morgan fingerprint density at radius 1 is 0.964 bits per heavy atom. The number of rotatable bonds is 6. The predicted octanol–water partition coefficient (Wildman–Crippen LogP) is 3.64. The van der Waals surface area contributed by atoms with Crippen LogP contribution in [-0.2, 0) is 6.54 Å². The highest BCUT2D eigenvalue weighted by Gasteiger charge is 2.17. The standard InChI is InChI=1S/C22H26FN3O2/c1-17-4-9-20-21(16-17)28-22(27)26(20)11-3-2-10-24-12-14-25(15-13-24)19-7-5-18(23)6-8-19/h4-9,16H,2-3,10-15H2,1H3. The highest BCUT2D eigenvalue weighted by molar-refractivity contribution is 5.73. The van der Waals surface area contributed by atoms with Crippen molar-refractivity contribution in [3.8, 4) is 0 Å². The summed E-state index contributed by atoms with van der Waals surface area (Å²) in [6.07, 6.45) is 1.99. The van der Waals surface area contributed by atoms with E-state index in [2.05, 4.69) is 9.80 Å². The molecular formula is C22H26FN3O2. The van der Waals surface area contributed by atoms with Crippen molar-refractivity contribution < 1.29 is 8.81 Å². The summed E-state index contributed by atoms with van der Waals surface area (Å²) in [6.45, 7) is 7.63. The summed E-state index contributed by atoms with van der Waals surface area (Å²) in [5, 5.41) is 0. The molecule has 0 bridgehead atoms. The van der Waals surface area contributed by atoms with E-state index in [0.29, 0.717) is 12.1 Å². The van der Waals surface area contributed by atoms with Crippen LogP contribution in [0.25, 0.3) is 11.1 Å². The van der Waals surface area contributed by atoms with E-state index in [1.54, 1.807) is 4.57 Å². The first-order valence-electron chi connectivity index (χ1n) is 9.93. The fourth-order valence-corrected chi connectivity index (χ4v) is 3.87. The summed E-state index contributed by atoms with van der Waals surface area (Å²) < 4.78 is 20.2. The number of hydrogen-bond acceptors (Lipinski definition) is 4. The minimum Gasteiger partial charge on any atom is -0.408 e. The van der Waals surface area contributed by atoms with Crippen LogP contribution in [0.15, 0.2) is 51.7 Å². The molecule has 4 rings (SSSR count). The van der Waals surface area contributed by atoms with Gasteiger partial charge in [0.2, 0.25) is 0 Å². The average Bonchev–Trinajstić information content (AvgIpc) is 3.00. The minimum absolute atomic E-state index is 0.193. The van der Waals surface area contributed by atoms with Crippen LogP contribution in [-0.4, -0.2) is 42.2 Å². The molecule has 3 aromatic rings. The number of benzene rings is 2. The minimum atomic E-state index is -0.270. The number of oxazole rings is 1. The van der Waals surface area contributed by atoms with Crippen molar-refractivity contribution in [3.63, 3.8) is 0 Å². The number of fused-ring (bicyclic) bond motifs is 1. The Labute approximate surface area is 164 Å². The Kier molecular flexibility index (Phi) is 5.48. The third kappa shape index (κ3) is 4.12. The molecule has 1 aliphatic rings. The largest absolute Gasteiger partial charge is 0.419 e. The molecule has 1 fully saturated rings. The van der Waals surface area contributed by atoms with Gasteiger partial charge in [0.1, 0.15) is 5.82 Å². The van der Waals surface area contributed by atoms with Crippen molar-refractivity contribution in [2.45, 2.75) is 26.3 Å². The number of halogens is 1. The van der Waals surface area contributed by atoms with Crippen LogP contribution in [0.2, 0.25) is 0 Å². The zero-order chi connectivity index (χ0) is 19.5. The normalized spacial score (nSPS) is 15.4. The summed E-state index contributed by atoms with van der Waals surface area (Å²) in [6, 6.07) is 12.6. The average molecular weight is 383 g/mol. The van der Waals surface area contributed by atoms with Crippen molar-refractivity contribution in [1.82, 2.24) is 9.47 Å². The van der Waals surface area contributed by atoms with Gasteiger partial charge in [-0.1, -0.05) is 6.07 Å². The van der Waals surface area contributed by atoms with Crippen LogP contribution < -0.4 is 10.7 Å². The Bertz CT molecular complexity index is 985. The Morgan fingerprint density at radius 2 is 1.68 bits per heavy atom. The molecule has 148 valence electrons. The molecule has 0 aliphatic carbocycles. The molecule has 1 aromatic heterocycles. The second-order valence-electron chi connectivity index (χ2n) is 7.50. The highest BCUT2D eigenvalue weighted by atomic mass is 19.1. The molecule has 0 amide bonds. The first-order valence-corrected chi connectivity index (χ1v) is 9.93. The van der Waals surface area contributed by atoms with E-state index >= 15 is 0 Å². The number of aryl methyl sites for hydroxylation is 2. The third-order valence-electron chi connectivity index (χ3n) is 5.49. The number of nitrogens with zero attached hydrogens (tertiary/aromatic N) is 3. The SMILES string of the molecule is Cc1ccc2c(c1)oc(=O)n2CCCCN1CCN(c2ccc(F)cc2)CC1. The maximum Gasteiger partial charge on any atom is 0.419 e. The van der Waals surface area contributed by atoms with Gasteiger partial charge in [0.15, 0.2) is 5.58 Å². The fourth-order valence-electron chi connectivity index (χ4n) is 3.87. The van der Waals surface area contributed by atoms with Crippen LogP contribution >= 0.6 is 0 Å². The van der Waals surface area contributed by atoms with Crippen molar-refractivity contribution >= 4 is 16.8 Å². The lowest BCUT2D eigenvalue weighted by Gasteiger charge is -2.36. The smallest absolute Gasteiger partial charge is 0.408 e. The van der Waals surface area contributed by atoms with Crippen molar-refractivity contribution in [2.24, 2.45) is 0 Å². The van der Waals surface area contributed by atoms with Crippen molar-refractivity contribution in [2.75, 3.05) is 37.6 Å². The van der Waals surface area contributed by atoms with E-state index in [0.717, 1.165) is 62.3 Å². The van der Waals surface area contributed by atoms with E-state index in [1.165, 1.54) is 12.1 Å². The lowest BCUT2D eigenvalue weighted by atomic mass is 10.2. The lowest BCUT2D eigenvalue weighted by Crippen LogP contribution is -2.46. The maximum atomic E-state index is 13.1. The van der Waals surface area contributed by atoms with E-state index in [9.17, 15) is 9.18 Å². The summed E-state index contributed by atoms with van der Waals surface area (Å²) in [5.41, 5.74) is 3.72. The second-order valence-corrected chi connectivity index (χ2v) is 7.50. The van der Waals surface area contributed by atoms with Gasteiger partial charge < -0.3 is 9.32 Å². The molecule has 0 atom stereocenters. The molecule has 0 spiro atoms. The molecule has 1 saturated heterocycles. The van der Waals surface area contributed by atoms with E-state index in [1.807, 2.05) is 37.3 Å². The second kappa shape index (κ2) is 8.19. The predicted molar refractivity (Wildman–Crippen MR) is 109 cm³/mol. The zero-order valence-corrected chi connectivity index (χ0v) is 16.2. The van der Waals surface area contributed by atoms with Gasteiger partial charge in [0.05, 0.1) is 5.52 Å². The highest BCUT2D eigenvalue weighted by Crippen LogP contribution is 2.18. The summed E-state index contributed by atoms with van der Waals surface area (Å²) in [5.74, 6) is -0.462. The summed E-state index contributed by atoms with van der Waals surface area (Å²) in [7, 11) is 0. The maximum absolute atomic E-state index is 13.1. The monoisotopic (exact) mass is 383 g/mol. The first kappa shape index (κ1) is 18.7. The summed E-state index contributed by atoms with van der Waals surface area (Å²) >= 11 is 0. The van der Waals surface area contributed by atoms with Crippen LogP contribution in [0.3, 0.4) is 0 Å². The number of unbranched alkanes of at least 4 members (excludes halogenated alkanes) is 1. The van der Waals surface area contributed by atoms with Crippen LogP contribution in [0, 0.1) is 12.7 Å². The molecule has 2 heterocycles. The number of piperazine rings is 1.